The second-order valence-corrected chi connectivity index (χ2v) is 5.17. The van der Waals surface area contributed by atoms with Crippen molar-refractivity contribution in [1.82, 2.24) is 0 Å². The van der Waals surface area contributed by atoms with E-state index in [9.17, 15) is 0 Å². The molecule has 0 aromatic heterocycles. The highest BCUT2D eigenvalue weighted by Crippen LogP contribution is 2.30. The summed E-state index contributed by atoms with van der Waals surface area (Å²) in [5.41, 5.74) is 1.19. The number of hydrogen-bond acceptors (Lipinski definition) is 2. The molecule has 0 N–H and O–H groups in total. The molecule has 0 unspecified atom stereocenters. The van der Waals surface area contributed by atoms with E-state index in [1.54, 1.807) is 0 Å². The Morgan fingerprint density at radius 2 is 2.13 bits per heavy atom. The van der Waals surface area contributed by atoms with Crippen LogP contribution in [0.25, 0.3) is 0 Å². The fraction of sp³-hybridized carbons (Fsp3) is 0.615. The van der Waals surface area contributed by atoms with E-state index in [-0.39, 0.29) is 5.54 Å². The molecule has 0 saturated heterocycles. The van der Waals surface area contributed by atoms with Crippen molar-refractivity contribution in [3.63, 3.8) is 0 Å². The lowest BCUT2D eigenvalue weighted by Gasteiger charge is -2.22. The quantitative estimate of drug-likeness (QED) is 0.645. The molecule has 82 valence electrons. The molecular weight excluding hydrogens is 186 g/mol. The Labute approximate surface area is 91.7 Å². The fourth-order valence-corrected chi connectivity index (χ4v) is 1.93. The van der Waals surface area contributed by atoms with Crippen molar-refractivity contribution in [3.05, 3.63) is 23.8 Å². The number of nitrogens with zero attached hydrogens (tertiary/aromatic N) is 1. The third-order valence-electron chi connectivity index (χ3n) is 3.18. The molecule has 2 atom stereocenters. The van der Waals surface area contributed by atoms with Crippen LogP contribution >= 0.6 is 0 Å². The van der Waals surface area contributed by atoms with E-state index in [0.29, 0.717) is 18.4 Å². The van der Waals surface area contributed by atoms with Crippen molar-refractivity contribution in [1.29, 1.82) is 0 Å². The SMILES string of the molecule is C[C@@H]1C=CC=C(C2=NC(C)(C)CO2)[C@H]1C. The average molecular weight is 205 g/mol. The second-order valence-electron chi connectivity index (χ2n) is 5.17. The van der Waals surface area contributed by atoms with Crippen LogP contribution in [0.2, 0.25) is 0 Å². The zero-order chi connectivity index (χ0) is 11.1. The largest absolute Gasteiger partial charge is 0.475 e. The van der Waals surface area contributed by atoms with E-state index in [4.69, 9.17) is 4.74 Å². The van der Waals surface area contributed by atoms with Crippen LogP contribution in [-0.4, -0.2) is 18.0 Å². The minimum atomic E-state index is -0.0553. The number of aliphatic imine (C=N–C) groups is 1. The highest BCUT2D eigenvalue weighted by molar-refractivity contribution is 5.96. The number of rotatable bonds is 1. The minimum Gasteiger partial charge on any atom is -0.475 e. The van der Waals surface area contributed by atoms with Gasteiger partial charge in [0.05, 0.1) is 5.54 Å². The molecule has 0 bridgehead atoms. The minimum absolute atomic E-state index is 0.0553. The number of ether oxygens (including phenoxy) is 1. The Morgan fingerprint density at radius 1 is 1.40 bits per heavy atom. The highest BCUT2D eigenvalue weighted by atomic mass is 16.5. The summed E-state index contributed by atoms with van der Waals surface area (Å²) in [6.07, 6.45) is 6.47. The summed E-state index contributed by atoms with van der Waals surface area (Å²) >= 11 is 0. The molecule has 2 nitrogen and oxygen atoms in total. The Balaban J connectivity index is 2.25. The Bertz CT molecular complexity index is 350. The van der Waals surface area contributed by atoms with Crippen LogP contribution in [0.5, 0.6) is 0 Å². The van der Waals surface area contributed by atoms with Crippen LogP contribution in [-0.2, 0) is 4.74 Å². The number of hydrogen-bond donors (Lipinski definition) is 0. The van der Waals surface area contributed by atoms with Crippen molar-refractivity contribution >= 4 is 5.90 Å². The topological polar surface area (TPSA) is 21.6 Å². The highest BCUT2D eigenvalue weighted by Gasteiger charge is 2.31. The van der Waals surface area contributed by atoms with Crippen LogP contribution in [0, 0.1) is 11.8 Å². The first-order valence-electron chi connectivity index (χ1n) is 5.61. The summed E-state index contributed by atoms with van der Waals surface area (Å²) in [4.78, 5) is 4.62. The molecule has 0 saturated carbocycles. The van der Waals surface area contributed by atoms with Crippen LogP contribution in [0.1, 0.15) is 27.7 Å². The van der Waals surface area contributed by atoms with E-state index in [1.165, 1.54) is 5.57 Å². The molecule has 0 aromatic carbocycles. The van der Waals surface area contributed by atoms with Gasteiger partial charge in [-0.2, -0.15) is 0 Å². The van der Waals surface area contributed by atoms with Crippen LogP contribution < -0.4 is 0 Å². The van der Waals surface area contributed by atoms with Gasteiger partial charge >= 0.3 is 0 Å². The normalized spacial score (nSPS) is 33.3. The average Bonchev–Trinajstić information content (AvgIpc) is 2.51. The van der Waals surface area contributed by atoms with Crippen molar-refractivity contribution < 1.29 is 4.74 Å². The van der Waals surface area contributed by atoms with Gasteiger partial charge < -0.3 is 4.74 Å². The molecule has 2 heteroatoms. The summed E-state index contributed by atoms with van der Waals surface area (Å²) in [5.74, 6) is 1.92. The molecule has 1 aliphatic heterocycles. The first-order chi connectivity index (χ1) is 6.99. The summed E-state index contributed by atoms with van der Waals surface area (Å²) in [6.45, 7) is 9.37. The van der Waals surface area contributed by atoms with Gasteiger partial charge in [0.1, 0.15) is 6.61 Å². The summed E-state index contributed by atoms with van der Waals surface area (Å²) in [6, 6.07) is 0. The summed E-state index contributed by atoms with van der Waals surface area (Å²) in [5, 5.41) is 0. The monoisotopic (exact) mass is 205 g/mol. The molecule has 1 aliphatic carbocycles. The van der Waals surface area contributed by atoms with Crippen molar-refractivity contribution in [2.75, 3.05) is 6.61 Å². The van der Waals surface area contributed by atoms with Crippen LogP contribution in [0.4, 0.5) is 0 Å². The predicted octanol–water partition coefficient (Wildman–Crippen LogP) is 2.96. The lowest BCUT2D eigenvalue weighted by atomic mass is 9.84. The third-order valence-corrected chi connectivity index (χ3v) is 3.18. The van der Waals surface area contributed by atoms with Gasteiger partial charge in [0.25, 0.3) is 0 Å². The maximum atomic E-state index is 5.67. The lowest BCUT2D eigenvalue weighted by Crippen LogP contribution is -2.18. The molecule has 0 spiro atoms. The number of allylic oxidation sites excluding steroid dienone is 3. The van der Waals surface area contributed by atoms with Crippen molar-refractivity contribution in [2.45, 2.75) is 33.2 Å². The summed E-state index contributed by atoms with van der Waals surface area (Å²) < 4.78 is 5.67. The Morgan fingerprint density at radius 3 is 2.73 bits per heavy atom. The maximum absolute atomic E-state index is 5.67. The molecule has 0 fully saturated rings. The van der Waals surface area contributed by atoms with Crippen LogP contribution in [0.15, 0.2) is 28.8 Å². The van der Waals surface area contributed by atoms with Crippen molar-refractivity contribution in [3.8, 4) is 0 Å². The van der Waals surface area contributed by atoms with Gasteiger partial charge in [-0.3, -0.25) is 0 Å². The third kappa shape index (κ3) is 1.99. The molecule has 15 heavy (non-hydrogen) atoms. The van der Waals surface area contributed by atoms with E-state index >= 15 is 0 Å². The molecular formula is C13H19NO. The van der Waals surface area contributed by atoms with E-state index in [1.807, 2.05) is 0 Å². The zero-order valence-electron chi connectivity index (χ0n) is 9.95. The van der Waals surface area contributed by atoms with Gasteiger partial charge in [0.15, 0.2) is 0 Å². The molecule has 0 radical (unpaired) electrons. The molecule has 2 aliphatic rings. The Hall–Kier alpha value is -1.05. The van der Waals surface area contributed by atoms with Crippen molar-refractivity contribution in [2.24, 2.45) is 16.8 Å². The standard InChI is InChI=1S/C13H19NO/c1-9-6-5-7-11(10(9)2)12-14-13(3,4)8-15-12/h5-7,9-10H,8H2,1-4H3/t9-,10+/m1/s1. The van der Waals surface area contributed by atoms with Gasteiger partial charge in [-0.05, 0) is 25.7 Å². The van der Waals surface area contributed by atoms with E-state index in [0.717, 1.165) is 5.90 Å². The smallest absolute Gasteiger partial charge is 0.212 e. The fourth-order valence-electron chi connectivity index (χ4n) is 1.93. The maximum Gasteiger partial charge on any atom is 0.212 e. The summed E-state index contributed by atoms with van der Waals surface area (Å²) in [7, 11) is 0. The lowest BCUT2D eigenvalue weighted by molar-refractivity contribution is 0.276. The molecule has 2 rings (SSSR count). The first kappa shape index (κ1) is 10.5. The van der Waals surface area contributed by atoms with Gasteiger partial charge in [0, 0.05) is 5.57 Å². The van der Waals surface area contributed by atoms with Gasteiger partial charge in [0.2, 0.25) is 5.90 Å². The first-order valence-corrected chi connectivity index (χ1v) is 5.61. The van der Waals surface area contributed by atoms with Gasteiger partial charge in [-0.1, -0.05) is 32.1 Å². The predicted molar refractivity (Wildman–Crippen MR) is 63.0 cm³/mol. The van der Waals surface area contributed by atoms with Gasteiger partial charge in [-0.15, -0.1) is 0 Å². The molecule has 0 aromatic rings. The molecule has 1 heterocycles. The zero-order valence-corrected chi connectivity index (χ0v) is 9.95. The van der Waals surface area contributed by atoms with Crippen LogP contribution in [0.3, 0.4) is 0 Å². The molecule has 0 amide bonds. The second kappa shape index (κ2) is 3.51. The Kier molecular flexibility index (Phi) is 2.45. The van der Waals surface area contributed by atoms with E-state index < -0.39 is 0 Å². The van der Waals surface area contributed by atoms with E-state index in [2.05, 4.69) is 50.9 Å². The van der Waals surface area contributed by atoms with Gasteiger partial charge in [-0.25, -0.2) is 4.99 Å².